The van der Waals surface area contributed by atoms with Crippen LogP contribution in [0.25, 0.3) is 0 Å². The number of rotatable bonds is 5. The van der Waals surface area contributed by atoms with Crippen LogP contribution >= 0.6 is 11.5 Å². The molecule has 1 unspecified atom stereocenters. The Bertz CT molecular complexity index is 455. The van der Waals surface area contributed by atoms with Gasteiger partial charge in [-0.1, -0.05) is 11.4 Å². The van der Waals surface area contributed by atoms with Gasteiger partial charge in [0.05, 0.1) is 10.6 Å². The number of hydrogen-bond acceptors (Lipinski definition) is 5. The van der Waals surface area contributed by atoms with Gasteiger partial charge in [-0.3, -0.25) is 4.98 Å². The number of likely N-dealkylation sites (N-methyl/N-ethyl adjacent to an activating group) is 1. The van der Waals surface area contributed by atoms with Crippen molar-refractivity contribution >= 4 is 11.5 Å². The van der Waals surface area contributed by atoms with Crippen molar-refractivity contribution in [3.8, 4) is 0 Å². The van der Waals surface area contributed by atoms with Crippen LogP contribution in [0.3, 0.4) is 0 Å². The topological polar surface area (TPSA) is 50.7 Å². The average Bonchev–Trinajstić information content (AvgIpc) is 2.76. The molecule has 0 radical (unpaired) electrons. The van der Waals surface area contributed by atoms with Crippen molar-refractivity contribution < 1.29 is 0 Å². The molecule has 5 heteroatoms. The third kappa shape index (κ3) is 3.08. The van der Waals surface area contributed by atoms with Gasteiger partial charge < -0.3 is 5.32 Å². The molecule has 17 heavy (non-hydrogen) atoms. The summed E-state index contributed by atoms with van der Waals surface area (Å²) >= 11 is 1.48. The first-order chi connectivity index (χ1) is 8.31. The summed E-state index contributed by atoms with van der Waals surface area (Å²) in [6.07, 6.45) is 4.60. The van der Waals surface area contributed by atoms with Crippen molar-refractivity contribution in [2.75, 3.05) is 6.54 Å². The first-order valence-electron chi connectivity index (χ1n) is 5.72. The van der Waals surface area contributed by atoms with Gasteiger partial charge in [0.15, 0.2) is 0 Å². The molecule has 1 N–H and O–H groups in total. The third-order valence-corrected chi connectivity index (χ3v) is 3.58. The van der Waals surface area contributed by atoms with Crippen LogP contribution in [0.4, 0.5) is 0 Å². The minimum atomic E-state index is 0.294. The van der Waals surface area contributed by atoms with E-state index in [1.165, 1.54) is 22.0 Å². The van der Waals surface area contributed by atoms with Crippen LogP contribution in [0.5, 0.6) is 0 Å². The van der Waals surface area contributed by atoms with E-state index in [0.29, 0.717) is 6.04 Å². The van der Waals surface area contributed by atoms with E-state index >= 15 is 0 Å². The number of nitrogens with zero attached hydrogens (tertiary/aromatic N) is 3. The lowest BCUT2D eigenvalue weighted by Gasteiger charge is -2.16. The number of hydrogen-bond donors (Lipinski definition) is 1. The molecule has 0 aliphatic carbocycles. The highest BCUT2D eigenvalue weighted by Crippen LogP contribution is 2.23. The predicted molar refractivity (Wildman–Crippen MR) is 69.0 cm³/mol. The molecule has 4 nitrogen and oxygen atoms in total. The van der Waals surface area contributed by atoms with Crippen molar-refractivity contribution in [2.24, 2.45) is 0 Å². The molecular formula is C12H16N4S. The van der Waals surface area contributed by atoms with Gasteiger partial charge in [-0.15, -0.1) is 5.10 Å². The van der Waals surface area contributed by atoms with Gasteiger partial charge >= 0.3 is 0 Å². The van der Waals surface area contributed by atoms with Crippen LogP contribution in [0, 0.1) is 6.92 Å². The Morgan fingerprint density at radius 1 is 1.35 bits per heavy atom. The minimum absolute atomic E-state index is 0.294. The second kappa shape index (κ2) is 5.84. The number of aromatic nitrogens is 3. The zero-order valence-corrected chi connectivity index (χ0v) is 10.9. The Labute approximate surface area is 105 Å². The normalized spacial score (nSPS) is 12.6. The first-order valence-corrected chi connectivity index (χ1v) is 6.49. The van der Waals surface area contributed by atoms with Gasteiger partial charge in [0.25, 0.3) is 0 Å². The van der Waals surface area contributed by atoms with Crippen LogP contribution < -0.4 is 5.32 Å². The summed E-state index contributed by atoms with van der Waals surface area (Å²) in [5, 5.41) is 7.56. The molecule has 0 saturated carbocycles. The van der Waals surface area contributed by atoms with Gasteiger partial charge in [0.2, 0.25) is 0 Å². The molecule has 2 rings (SSSR count). The van der Waals surface area contributed by atoms with E-state index in [9.17, 15) is 0 Å². The van der Waals surface area contributed by atoms with Crippen molar-refractivity contribution in [1.29, 1.82) is 0 Å². The van der Waals surface area contributed by atoms with Crippen molar-refractivity contribution in [3.63, 3.8) is 0 Å². The SMILES string of the molecule is CCNC(Cc1ccncc1)c1snnc1C. The molecule has 2 aromatic heterocycles. The summed E-state index contributed by atoms with van der Waals surface area (Å²) in [7, 11) is 0. The molecule has 0 saturated heterocycles. The number of aryl methyl sites for hydroxylation is 1. The lowest BCUT2D eigenvalue weighted by Crippen LogP contribution is -2.22. The van der Waals surface area contributed by atoms with Crippen LogP contribution in [0.1, 0.15) is 29.1 Å². The van der Waals surface area contributed by atoms with E-state index < -0.39 is 0 Å². The summed E-state index contributed by atoms with van der Waals surface area (Å²) in [5.41, 5.74) is 2.30. The lowest BCUT2D eigenvalue weighted by molar-refractivity contribution is 0.554. The molecule has 1 atom stereocenters. The zero-order chi connectivity index (χ0) is 12.1. The minimum Gasteiger partial charge on any atom is -0.309 e. The molecular weight excluding hydrogens is 232 g/mol. The van der Waals surface area contributed by atoms with E-state index in [1.54, 1.807) is 0 Å². The first kappa shape index (κ1) is 12.1. The van der Waals surface area contributed by atoms with Gasteiger partial charge in [0.1, 0.15) is 0 Å². The molecule has 2 heterocycles. The molecule has 0 fully saturated rings. The van der Waals surface area contributed by atoms with E-state index in [4.69, 9.17) is 0 Å². The molecule has 0 aromatic carbocycles. The van der Waals surface area contributed by atoms with Crippen LogP contribution in [-0.4, -0.2) is 21.1 Å². The molecule has 90 valence electrons. The fraction of sp³-hybridized carbons (Fsp3) is 0.417. The Hall–Kier alpha value is -1.33. The van der Waals surface area contributed by atoms with E-state index in [-0.39, 0.29) is 0 Å². The van der Waals surface area contributed by atoms with E-state index in [1.807, 2.05) is 31.5 Å². The number of nitrogens with one attached hydrogen (secondary N) is 1. The van der Waals surface area contributed by atoms with E-state index in [0.717, 1.165) is 18.7 Å². The summed E-state index contributed by atoms with van der Waals surface area (Å²) in [6, 6.07) is 4.39. The average molecular weight is 248 g/mol. The van der Waals surface area contributed by atoms with Crippen molar-refractivity contribution in [2.45, 2.75) is 26.3 Å². The lowest BCUT2D eigenvalue weighted by atomic mass is 10.1. The Kier molecular flexibility index (Phi) is 4.17. The highest BCUT2D eigenvalue weighted by molar-refractivity contribution is 7.05. The molecule has 0 amide bonds. The maximum Gasteiger partial charge on any atom is 0.0772 e. The molecule has 0 spiro atoms. The fourth-order valence-electron chi connectivity index (χ4n) is 1.82. The maximum absolute atomic E-state index is 4.08. The monoisotopic (exact) mass is 248 g/mol. The van der Waals surface area contributed by atoms with Crippen LogP contribution in [0.2, 0.25) is 0 Å². The molecule has 0 aliphatic heterocycles. The molecule has 0 aliphatic rings. The third-order valence-electron chi connectivity index (χ3n) is 2.64. The van der Waals surface area contributed by atoms with Gasteiger partial charge in [-0.2, -0.15) is 0 Å². The Morgan fingerprint density at radius 3 is 2.71 bits per heavy atom. The zero-order valence-electron chi connectivity index (χ0n) is 10.1. The Balaban J connectivity index is 2.16. The van der Waals surface area contributed by atoms with Crippen LogP contribution in [-0.2, 0) is 6.42 Å². The van der Waals surface area contributed by atoms with Crippen molar-refractivity contribution in [3.05, 3.63) is 40.7 Å². The quantitative estimate of drug-likeness (QED) is 0.880. The summed E-state index contributed by atoms with van der Waals surface area (Å²) < 4.78 is 4.01. The smallest absolute Gasteiger partial charge is 0.0772 e. The highest BCUT2D eigenvalue weighted by atomic mass is 32.1. The second-order valence-electron chi connectivity index (χ2n) is 3.89. The predicted octanol–water partition coefficient (Wildman–Crippen LogP) is 2.13. The summed E-state index contributed by atoms with van der Waals surface area (Å²) in [4.78, 5) is 5.26. The summed E-state index contributed by atoms with van der Waals surface area (Å²) in [5.74, 6) is 0. The highest BCUT2D eigenvalue weighted by Gasteiger charge is 2.16. The second-order valence-corrected chi connectivity index (χ2v) is 4.68. The van der Waals surface area contributed by atoms with E-state index in [2.05, 4.69) is 26.8 Å². The maximum atomic E-state index is 4.08. The van der Waals surface area contributed by atoms with Gasteiger partial charge in [0, 0.05) is 18.4 Å². The number of pyridine rings is 1. The fourth-order valence-corrected chi connectivity index (χ4v) is 2.53. The largest absolute Gasteiger partial charge is 0.309 e. The Morgan fingerprint density at radius 2 is 2.12 bits per heavy atom. The van der Waals surface area contributed by atoms with Crippen molar-refractivity contribution in [1.82, 2.24) is 19.9 Å². The standard InChI is InChI=1S/C12H16N4S/c1-3-14-11(12-9(2)15-16-17-12)8-10-4-6-13-7-5-10/h4-7,11,14H,3,8H2,1-2H3. The van der Waals surface area contributed by atoms with Crippen LogP contribution in [0.15, 0.2) is 24.5 Å². The van der Waals surface area contributed by atoms with Gasteiger partial charge in [-0.25, -0.2) is 0 Å². The molecule has 0 bridgehead atoms. The van der Waals surface area contributed by atoms with Gasteiger partial charge in [-0.05, 0) is 49.1 Å². The molecule has 2 aromatic rings. The summed E-state index contributed by atoms with van der Waals surface area (Å²) in [6.45, 7) is 5.06.